The van der Waals surface area contributed by atoms with Crippen LogP contribution >= 0.6 is 11.8 Å². The molecule has 0 amide bonds. The average molecular weight is 250 g/mol. The molecule has 0 unspecified atom stereocenters. The molecule has 0 saturated carbocycles. The Kier molecular flexibility index (Phi) is 3.10. The van der Waals surface area contributed by atoms with Crippen molar-refractivity contribution < 1.29 is 4.92 Å². The quantitative estimate of drug-likeness (QED) is 0.630. The van der Waals surface area contributed by atoms with Gasteiger partial charge in [0.25, 0.3) is 5.69 Å². The highest BCUT2D eigenvalue weighted by atomic mass is 32.2. The molecule has 0 aromatic carbocycles. The van der Waals surface area contributed by atoms with E-state index in [0.29, 0.717) is 10.2 Å². The maximum atomic E-state index is 10.4. The first-order chi connectivity index (χ1) is 8.15. The lowest BCUT2D eigenvalue weighted by molar-refractivity contribution is -0.385. The van der Waals surface area contributed by atoms with E-state index >= 15 is 0 Å². The van der Waals surface area contributed by atoms with Crippen molar-refractivity contribution in [1.29, 1.82) is 0 Å². The predicted molar refractivity (Wildman–Crippen MR) is 59.3 cm³/mol. The molecule has 17 heavy (non-hydrogen) atoms. The highest BCUT2D eigenvalue weighted by Gasteiger charge is 2.07. The molecule has 2 rings (SSSR count). The molecule has 0 aliphatic carbocycles. The van der Waals surface area contributed by atoms with Crippen LogP contribution in [0, 0.1) is 10.1 Å². The molecule has 86 valence electrons. The number of nitrogens with two attached hydrogens (primary N) is 1. The highest BCUT2D eigenvalue weighted by Crippen LogP contribution is 2.23. The van der Waals surface area contributed by atoms with E-state index in [9.17, 15) is 10.1 Å². The zero-order valence-electron chi connectivity index (χ0n) is 8.35. The lowest BCUT2D eigenvalue weighted by atomic mass is 10.4. The molecular formula is C8H6N6O2S. The largest absolute Gasteiger partial charge is 0.382 e. The van der Waals surface area contributed by atoms with Crippen LogP contribution in [0.3, 0.4) is 0 Å². The second-order valence-corrected chi connectivity index (χ2v) is 3.87. The van der Waals surface area contributed by atoms with Crippen LogP contribution in [0.15, 0.2) is 34.7 Å². The van der Waals surface area contributed by atoms with Gasteiger partial charge in [-0.15, -0.1) is 5.10 Å². The van der Waals surface area contributed by atoms with Crippen molar-refractivity contribution in [2.75, 3.05) is 5.73 Å². The van der Waals surface area contributed by atoms with Gasteiger partial charge in [-0.2, -0.15) is 5.10 Å². The molecule has 8 nitrogen and oxygen atoms in total. The van der Waals surface area contributed by atoms with E-state index in [1.54, 1.807) is 0 Å². The predicted octanol–water partition coefficient (Wildman–Crippen LogP) is 0.908. The Balaban J connectivity index is 2.16. The third kappa shape index (κ3) is 2.84. The van der Waals surface area contributed by atoms with Crippen LogP contribution in [0.5, 0.6) is 0 Å². The van der Waals surface area contributed by atoms with Crippen LogP contribution in [-0.4, -0.2) is 25.1 Å². The number of rotatable bonds is 3. The summed E-state index contributed by atoms with van der Waals surface area (Å²) in [6.07, 6.45) is 2.50. The fourth-order valence-electron chi connectivity index (χ4n) is 0.977. The van der Waals surface area contributed by atoms with Gasteiger partial charge in [0, 0.05) is 6.07 Å². The van der Waals surface area contributed by atoms with E-state index in [1.165, 1.54) is 24.5 Å². The van der Waals surface area contributed by atoms with E-state index in [4.69, 9.17) is 5.73 Å². The van der Waals surface area contributed by atoms with Gasteiger partial charge in [-0.1, -0.05) is 0 Å². The first-order valence-electron chi connectivity index (χ1n) is 4.38. The fourth-order valence-corrected chi connectivity index (χ4v) is 1.64. The summed E-state index contributed by atoms with van der Waals surface area (Å²) in [6, 6.07) is 2.87. The SMILES string of the molecule is Nc1cnnc(Sc2ccc([N+](=O)[O-])cn2)n1. The van der Waals surface area contributed by atoms with Crippen molar-refractivity contribution in [2.45, 2.75) is 10.2 Å². The molecule has 2 N–H and O–H groups in total. The van der Waals surface area contributed by atoms with Gasteiger partial charge in [0.05, 0.1) is 11.1 Å². The molecule has 0 fully saturated rings. The third-order valence-corrected chi connectivity index (χ3v) is 2.49. The minimum absolute atomic E-state index is 0.0685. The molecular weight excluding hydrogens is 244 g/mol. The molecule has 2 aromatic rings. The zero-order chi connectivity index (χ0) is 12.3. The summed E-state index contributed by atoms with van der Waals surface area (Å²) < 4.78 is 0. The highest BCUT2D eigenvalue weighted by molar-refractivity contribution is 7.99. The van der Waals surface area contributed by atoms with Gasteiger partial charge in [0.1, 0.15) is 17.0 Å². The van der Waals surface area contributed by atoms with Crippen LogP contribution in [0.25, 0.3) is 0 Å². The molecule has 0 saturated heterocycles. The van der Waals surface area contributed by atoms with Crippen molar-refractivity contribution in [3.63, 3.8) is 0 Å². The number of pyridine rings is 1. The molecule has 2 aromatic heterocycles. The first kappa shape index (κ1) is 11.2. The van der Waals surface area contributed by atoms with Crippen LogP contribution < -0.4 is 5.73 Å². The molecule has 9 heteroatoms. The standard InChI is InChI=1S/C8H6N6O2S/c9-6-4-11-13-8(12-6)17-7-2-1-5(3-10-7)14(15)16/h1-4H,(H2,9,12,13). The van der Waals surface area contributed by atoms with Gasteiger partial charge in [-0.05, 0) is 17.8 Å². The molecule has 0 radical (unpaired) electrons. The Morgan fingerprint density at radius 3 is 2.76 bits per heavy atom. The molecule has 0 atom stereocenters. The number of nitro groups is 1. The maximum absolute atomic E-state index is 10.4. The van der Waals surface area contributed by atoms with Crippen LogP contribution in [0.2, 0.25) is 0 Å². The number of hydrogen-bond donors (Lipinski definition) is 1. The average Bonchev–Trinajstić information content (AvgIpc) is 2.29. The fraction of sp³-hybridized carbons (Fsp3) is 0. The molecule has 0 aliphatic rings. The van der Waals surface area contributed by atoms with Crippen molar-refractivity contribution in [1.82, 2.24) is 20.2 Å². The number of anilines is 1. The van der Waals surface area contributed by atoms with Crippen molar-refractivity contribution in [3.8, 4) is 0 Å². The molecule has 0 aliphatic heterocycles. The van der Waals surface area contributed by atoms with Gasteiger partial charge < -0.3 is 5.73 Å². The summed E-state index contributed by atoms with van der Waals surface area (Å²) in [4.78, 5) is 17.7. The molecule has 0 spiro atoms. The van der Waals surface area contributed by atoms with Gasteiger partial charge in [-0.3, -0.25) is 10.1 Å². The summed E-state index contributed by atoms with van der Waals surface area (Å²) in [5, 5.41) is 18.7. The minimum atomic E-state index is -0.514. The Bertz CT molecular complexity index is 546. The summed E-state index contributed by atoms with van der Waals surface area (Å²) in [7, 11) is 0. The van der Waals surface area contributed by atoms with E-state index in [1.807, 2.05) is 0 Å². The smallest absolute Gasteiger partial charge is 0.287 e. The zero-order valence-corrected chi connectivity index (χ0v) is 9.16. The van der Waals surface area contributed by atoms with E-state index in [0.717, 1.165) is 11.8 Å². The van der Waals surface area contributed by atoms with Crippen molar-refractivity contribution >= 4 is 23.3 Å². The van der Waals surface area contributed by atoms with Gasteiger partial charge >= 0.3 is 0 Å². The maximum Gasteiger partial charge on any atom is 0.287 e. The van der Waals surface area contributed by atoms with Crippen LogP contribution in [-0.2, 0) is 0 Å². The van der Waals surface area contributed by atoms with Gasteiger partial charge in [0.15, 0.2) is 0 Å². The van der Waals surface area contributed by atoms with Crippen molar-refractivity contribution in [3.05, 3.63) is 34.6 Å². The normalized spacial score (nSPS) is 10.1. The summed E-state index contributed by atoms with van der Waals surface area (Å²) in [6.45, 7) is 0. The second kappa shape index (κ2) is 4.70. The summed E-state index contributed by atoms with van der Waals surface area (Å²) in [5.74, 6) is 0.254. The summed E-state index contributed by atoms with van der Waals surface area (Å²) in [5.41, 5.74) is 5.37. The Hall–Kier alpha value is -2.29. The van der Waals surface area contributed by atoms with Gasteiger partial charge in [0.2, 0.25) is 5.16 Å². The Morgan fingerprint density at radius 1 is 1.35 bits per heavy atom. The third-order valence-electron chi connectivity index (χ3n) is 1.69. The van der Waals surface area contributed by atoms with Crippen molar-refractivity contribution in [2.24, 2.45) is 0 Å². The van der Waals surface area contributed by atoms with E-state index in [-0.39, 0.29) is 11.5 Å². The number of aromatic nitrogens is 4. The summed E-state index contributed by atoms with van der Waals surface area (Å²) >= 11 is 1.12. The number of nitrogens with zero attached hydrogens (tertiary/aromatic N) is 5. The Morgan fingerprint density at radius 2 is 2.18 bits per heavy atom. The van der Waals surface area contributed by atoms with E-state index < -0.39 is 4.92 Å². The second-order valence-electron chi connectivity index (χ2n) is 2.88. The topological polar surface area (TPSA) is 121 Å². The number of nitrogen functional groups attached to an aromatic ring is 1. The van der Waals surface area contributed by atoms with Crippen LogP contribution in [0.1, 0.15) is 0 Å². The first-order valence-corrected chi connectivity index (χ1v) is 5.20. The minimum Gasteiger partial charge on any atom is -0.382 e. The van der Waals surface area contributed by atoms with E-state index in [2.05, 4.69) is 20.2 Å². The molecule has 0 bridgehead atoms. The monoisotopic (exact) mass is 250 g/mol. The molecule has 2 heterocycles. The lowest BCUT2D eigenvalue weighted by Gasteiger charge is -1.98. The Labute approximate surface area is 99.5 Å². The van der Waals surface area contributed by atoms with Gasteiger partial charge in [-0.25, -0.2) is 9.97 Å². The lowest BCUT2D eigenvalue weighted by Crippen LogP contribution is -1.96. The van der Waals surface area contributed by atoms with Crippen LogP contribution in [0.4, 0.5) is 11.5 Å². The number of hydrogen-bond acceptors (Lipinski definition) is 8.